The molecule has 0 radical (unpaired) electrons. The number of hydrogen-bond acceptors (Lipinski definition) is 5. The molecular formula is C12H29N3O3S. The van der Waals surface area contributed by atoms with Crippen molar-refractivity contribution in [2.24, 2.45) is 0 Å². The Morgan fingerprint density at radius 2 is 1.95 bits per heavy atom. The van der Waals surface area contributed by atoms with Gasteiger partial charge < -0.3 is 15.0 Å². The third kappa shape index (κ3) is 9.34. The smallest absolute Gasteiger partial charge is 0.215 e. The number of ether oxygens (including phenoxy) is 1. The van der Waals surface area contributed by atoms with Crippen LogP contribution in [0.15, 0.2) is 0 Å². The van der Waals surface area contributed by atoms with Crippen LogP contribution in [0.2, 0.25) is 0 Å². The van der Waals surface area contributed by atoms with Crippen molar-refractivity contribution in [2.75, 3.05) is 53.5 Å². The van der Waals surface area contributed by atoms with E-state index in [0.717, 1.165) is 19.5 Å². The lowest BCUT2D eigenvalue weighted by atomic mass is 10.4. The minimum atomic E-state index is -3.23. The molecule has 1 atom stereocenters. The largest absolute Gasteiger partial charge is 0.383 e. The summed E-state index contributed by atoms with van der Waals surface area (Å²) in [5.41, 5.74) is 0. The minimum absolute atomic E-state index is 0.414. The van der Waals surface area contributed by atoms with E-state index in [9.17, 15) is 8.42 Å². The average Bonchev–Trinajstić information content (AvgIpc) is 2.36. The molecule has 0 spiro atoms. The molecule has 0 saturated heterocycles. The number of likely N-dealkylation sites (N-methyl/N-ethyl adjacent to an activating group) is 1. The number of hydrogen-bond donors (Lipinski definition) is 2. The average molecular weight is 295 g/mol. The maximum atomic E-state index is 11.9. The monoisotopic (exact) mass is 295 g/mol. The highest BCUT2D eigenvalue weighted by molar-refractivity contribution is 7.90. The molecule has 7 heteroatoms. The number of sulfonamides is 1. The van der Waals surface area contributed by atoms with Crippen molar-refractivity contribution in [1.29, 1.82) is 0 Å². The zero-order chi connectivity index (χ0) is 14.7. The van der Waals surface area contributed by atoms with Gasteiger partial charge in [0, 0.05) is 33.3 Å². The van der Waals surface area contributed by atoms with E-state index in [4.69, 9.17) is 4.74 Å². The van der Waals surface area contributed by atoms with Crippen LogP contribution in [0, 0.1) is 0 Å². The van der Waals surface area contributed by atoms with Crippen LogP contribution in [-0.2, 0) is 14.8 Å². The summed E-state index contributed by atoms with van der Waals surface area (Å²) in [6.07, 6.45) is 1.00. The highest BCUT2D eigenvalue weighted by Crippen LogP contribution is 1.96. The standard InChI is InChI=1S/C12H29N3O3S/c1-5-6-13-11-12(2)19(16,17)14-7-8-15(3)9-10-18-4/h12-14H,5-11H2,1-4H3. The molecule has 19 heavy (non-hydrogen) atoms. The Kier molecular flexibility index (Phi) is 10.4. The van der Waals surface area contributed by atoms with Crippen LogP contribution >= 0.6 is 0 Å². The molecular weight excluding hydrogens is 266 g/mol. The molecule has 0 amide bonds. The molecule has 6 nitrogen and oxygen atoms in total. The summed E-state index contributed by atoms with van der Waals surface area (Å²) in [7, 11) is 0.371. The molecule has 116 valence electrons. The fraction of sp³-hybridized carbons (Fsp3) is 1.00. The molecule has 0 aromatic heterocycles. The Bertz CT molecular complexity index is 309. The maximum absolute atomic E-state index is 11.9. The van der Waals surface area contributed by atoms with E-state index >= 15 is 0 Å². The van der Waals surface area contributed by atoms with E-state index in [-0.39, 0.29) is 0 Å². The van der Waals surface area contributed by atoms with Crippen molar-refractivity contribution in [3.05, 3.63) is 0 Å². The number of nitrogens with zero attached hydrogens (tertiary/aromatic N) is 1. The van der Waals surface area contributed by atoms with Crippen LogP contribution in [0.25, 0.3) is 0 Å². The second kappa shape index (κ2) is 10.6. The zero-order valence-corrected chi connectivity index (χ0v) is 13.4. The highest BCUT2D eigenvalue weighted by atomic mass is 32.2. The maximum Gasteiger partial charge on any atom is 0.215 e. The van der Waals surface area contributed by atoms with Gasteiger partial charge in [0.25, 0.3) is 0 Å². The van der Waals surface area contributed by atoms with Gasteiger partial charge >= 0.3 is 0 Å². The fourth-order valence-corrected chi connectivity index (χ4v) is 2.47. The van der Waals surface area contributed by atoms with Crippen LogP contribution in [0.1, 0.15) is 20.3 Å². The normalized spacial score (nSPS) is 13.9. The first-order chi connectivity index (χ1) is 8.94. The quantitative estimate of drug-likeness (QED) is 0.491. The summed E-state index contributed by atoms with van der Waals surface area (Å²) < 4.78 is 31.5. The lowest BCUT2D eigenvalue weighted by molar-refractivity contribution is 0.162. The summed E-state index contributed by atoms with van der Waals surface area (Å²) in [5.74, 6) is 0. The van der Waals surface area contributed by atoms with Crippen molar-refractivity contribution >= 4 is 10.0 Å². The summed E-state index contributed by atoms with van der Waals surface area (Å²) in [6.45, 7) is 7.67. The van der Waals surface area contributed by atoms with E-state index in [1.165, 1.54) is 0 Å². The lowest BCUT2D eigenvalue weighted by Gasteiger charge is -2.18. The van der Waals surface area contributed by atoms with E-state index in [1.807, 2.05) is 11.9 Å². The molecule has 0 saturated carbocycles. The van der Waals surface area contributed by atoms with E-state index in [2.05, 4.69) is 17.0 Å². The molecule has 0 aliphatic rings. The van der Waals surface area contributed by atoms with E-state index in [0.29, 0.717) is 26.2 Å². The summed E-state index contributed by atoms with van der Waals surface area (Å²) in [5, 5.41) is 2.71. The molecule has 0 aromatic rings. The molecule has 0 aromatic carbocycles. The van der Waals surface area contributed by atoms with Crippen LogP contribution < -0.4 is 10.0 Å². The van der Waals surface area contributed by atoms with Gasteiger partial charge in [-0.2, -0.15) is 0 Å². The van der Waals surface area contributed by atoms with E-state index in [1.54, 1.807) is 14.0 Å². The van der Waals surface area contributed by atoms with Gasteiger partial charge in [0.1, 0.15) is 0 Å². The van der Waals surface area contributed by atoms with Crippen LogP contribution in [-0.4, -0.2) is 72.1 Å². The van der Waals surface area contributed by atoms with Crippen molar-refractivity contribution in [3.8, 4) is 0 Å². The summed E-state index contributed by atoms with van der Waals surface area (Å²) in [4.78, 5) is 2.03. The van der Waals surface area contributed by atoms with Crippen LogP contribution in [0.3, 0.4) is 0 Å². The molecule has 0 aliphatic heterocycles. The van der Waals surface area contributed by atoms with Gasteiger partial charge in [-0.25, -0.2) is 13.1 Å². The Morgan fingerprint density at radius 1 is 1.26 bits per heavy atom. The predicted molar refractivity (Wildman–Crippen MR) is 78.9 cm³/mol. The van der Waals surface area contributed by atoms with E-state index < -0.39 is 15.3 Å². The molecule has 0 bridgehead atoms. The summed E-state index contributed by atoms with van der Waals surface area (Å²) in [6, 6.07) is 0. The van der Waals surface area contributed by atoms with Crippen molar-refractivity contribution in [3.63, 3.8) is 0 Å². The van der Waals surface area contributed by atoms with Crippen molar-refractivity contribution in [2.45, 2.75) is 25.5 Å². The van der Waals surface area contributed by atoms with Gasteiger partial charge in [-0.05, 0) is 26.9 Å². The van der Waals surface area contributed by atoms with Gasteiger partial charge in [0.15, 0.2) is 0 Å². The minimum Gasteiger partial charge on any atom is -0.383 e. The Morgan fingerprint density at radius 3 is 2.53 bits per heavy atom. The van der Waals surface area contributed by atoms with Crippen molar-refractivity contribution in [1.82, 2.24) is 14.9 Å². The van der Waals surface area contributed by atoms with Gasteiger partial charge in [-0.1, -0.05) is 6.92 Å². The second-order valence-corrected chi connectivity index (χ2v) is 6.93. The second-order valence-electron chi connectivity index (χ2n) is 4.75. The first-order valence-corrected chi connectivity index (χ1v) is 8.35. The van der Waals surface area contributed by atoms with Crippen LogP contribution in [0.5, 0.6) is 0 Å². The molecule has 0 rings (SSSR count). The third-order valence-corrected chi connectivity index (χ3v) is 4.69. The highest BCUT2D eigenvalue weighted by Gasteiger charge is 2.19. The first kappa shape index (κ1) is 18.8. The molecule has 0 aliphatic carbocycles. The third-order valence-electron chi connectivity index (χ3n) is 2.86. The zero-order valence-electron chi connectivity index (χ0n) is 12.6. The SMILES string of the molecule is CCCNCC(C)S(=O)(=O)NCCN(C)CCOC. The Balaban J connectivity index is 3.89. The molecule has 0 fully saturated rings. The van der Waals surface area contributed by atoms with Gasteiger partial charge in [0.2, 0.25) is 10.0 Å². The fourth-order valence-electron chi connectivity index (χ4n) is 1.47. The molecule has 1 unspecified atom stereocenters. The molecule has 2 N–H and O–H groups in total. The van der Waals surface area contributed by atoms with Gasteiger partial charge in [0.05, 0.1) is 11.9 Å². The van der Waals surface area contributed by atoms with Gasteiger partial charge in [-0.15, -0.1) is 0 Å². The van der Waals surface area contributed by atoms with Crippen LogP contribution in [0.4, 0.5) is 0 Å². The Labute approximate surface area is 117 Å². The molecule has 0 heterocycles. The van der Waals surface area contributed by atoms with Gasteiger partial charge in [-0.3, -0.25) is 0 Å². The first-order valence-electron chi connectivity index (χ1n) is 6.80. The number of methoxy groups -OCH3 is 1. The predicted octanol–water partition coefficient (Wildman–Crippen LogP) is -0.128. The Hall–Kier alpha value is -0.210. The number of nitrogens with one attached hydrogen (secondary N) is 2. The lowest BCUT2D eigenvalue weighted by Crippen LogP contribution is -2.42. The summed E-state index contributed by atoms with van der Waals surface area (Å²) >= 11 is 0. The van der Waals surface area contributed by atoms with Crippen molar-refractivity contribution < 1.29 is 13.2 Å². The number of rotatable bonds is 12. The topological polar surface area (TPSA) is 70.7 Å².